The first kappa shape index (κ1) is 17.0. The first-order chi connectivity index (χ1) is 12.7. The van der Waals surface area contributed by atoms with Gasteiger partial charge in [0.25, 0.3) is 5.91 Å². The Labute approximate surface area is 152 Å². The van der Waals surface area contributed by atoms with Crippen LogP contribution in [0.1, 0.15) is 27.4 Å². The summed E-state index contributed by atoms with van der Waals surface area (Å²) in [5.74, 6) is 1.45. The standard InChI is InChI=1S/C18H23N5O3/c1-22-6-8-23(9-7-22)17-13(3-2-5-19-17)11-20-18(24)16-14-12-25-10-4-15(14)26-21-16/h2-3,5H,4,6-12H2,1H3,(H,20,24). The molecule has 2 aliphatic rings. The minimum atomic E-state index is -0.242. The van der Waals surface area contributed by atoms with Crippen molar-refractivity contribution in [1.82, 2.24) is 20.4 Å². The third-order valence-electron chi connectivity index (χ3n) is 4.91. The Balaban J connectivity index is 1.45. The summed E-state index contributed by atoms with van der Waals surface area (Å²) in [6.45, 7) is 5.26. The molecule has 8 nitrogen and oxygen atoms in total. The van der Waals surface area contributed by atoms with E-state index in [0.29, 0.717) is 31.9 Å². The summed E-state index contributed by atoms with van der Waals surface area (Å²) in [4.78, 5) is 21.7. The van der Waals surface area contributed by atoms with E-state index in [2.05, 4.69) is 32.3 Å². The number of fused-ring (bicyclic) bond motifs is 1. The number of rotatable bonds is 4. The van der Waals surface area contributed by atoms with Crippen LogP contribution in [0, 0.1) is 0 Å². The van der Waals surface area contributed by atoms with Crippen LogP contribution >= 0.6 is 0 Å². The van der Waals surface area contributed by atoms with Gasteiger partial charge in [-0.2, -0.15) is 0 Å². The number of carbonyl (C=O) groups excluding carboxylic acids is 1. The van der Waals surface area contributed by atoms with Gasteiger partial charge in [-0.1, -0.05) is 11.2 Å². The number of pyridine rings is 1. The number of hydrogen-bond donors (Lipinski definition) is 1. The van der Waals surface area contributed by atoms with E-state index in [9.17, 15) is 4.79 Å². The van der Waals surface area contributed by atoms with Crippen molar-refractivity contribution < 1.29 is 14.1 Å². The number of anilines is 1. The Kier molecular flexibility index (Phi) is 4.85. The van der Waals surface area contributed by atoms with Gasteiger partial charge in [0.15, 0.2) is 5.69 Å². The molecule has 0 spiro atoms. The lowest BCUT2D eigenvalue weighted by Crippen LogP contribution is -2.45. The largest absolute Gasteiger partial charge is 0.376 e. The van der Waals surface area contributed by atoms with Crippen molar-refractivity contribution in [3.05, 3.63) is 40.9 Å². The zero-order chi connectivity index (χ0) is 17.9. The van der Waals surface area contributed by atoms with Crippen LogP contribution in [0.3, 0.4) is 0 Å². The molecule has 0 aliphatic carbocycles. The van der Waals surface area contributed by atoms with Crippen LogP contribution in [0.15, 0.2) is 22.9 Å². The van der Waals surface area contributed by atoms with Gasteiger partial charge in [-0.05, 0) is 13.1 Å². The molecule has 0 unspecified atom stereocenters. The molecule has 1 fully saturated rings. The van der Waals surface area contributed by atoms with Gasteiger partial charge in [0.1, 0.15) is 11.6 Å². The molecule has 2 aromatic rings. The molecule has 0 aromatic carbocycles. The van der Waals surface area contributed by atoms with Gasteiger partial charge in [-0.15, -0.1) is 0 Å². The summed E-state index contributed by atoms with van der Waals surface area (Å²) < 4.78 is 10.7. The molecular weight excluding hydrogens is 334 g/mol. The Morgan fingerprint density at radius 2 is 2.15 bits per heavy atom. The molecule has 4 heterocycles. The van der Waals surface area contributed by atoms with Gasteiger partial charge < -0.3 is 24.4 Å². The van der Waals surface area contributed by atoms with Gasteiger partial charge in [0.05, 0.1) is 18.8 Å². The molecule has 1 amide bonds. The monoisotopic (exact) mass is 357 g/mol. The normalized spacial score (nSPS) is 17.8. The van der Waals surface area contributed by atoms with E-state index < -0.39 is 0 Å². The summed E-state index contributed by atoms with van der Waals surface area (Å²) in [5, 5.41) is 6.88. The Hall–Kier alpha value is -2.45. The second kappa shape index (κ2) is 7.43. The average molecular weight is 357 g/mol. The third kappa shape index (κ3) is 3.42. The smallest absolute Gasteiger partial charge is 0.274 e. The Bertz CT molecular complexity index is 783. The van der Waals surface area contributed by atoms with Crippen molar-refractivity contribution in [1.29, 1.82) is 0 Å². The molecule has 2 aliphatic heterocycles. The molecule has 138 valence electrons. The van der Waals surface area contributed by atoms with Gasteiger partial charge in [-0.25, -0.2) is 4.98 Å². The van der Waals surface area contributed by atoms with E-state index in [1.165, 1.54) is 0 Å². The van der Waals surface area contributed by atoms with E-state index >= 15 is 0 Å². The van der Waals surface area contributed by atoms with Crippen LogP contribution < -0.4 is 10.2 Å². The molecular formula is C18H23N5O3. The zero-order valence-electron chi connectivity index (χ0n) is 14.9. The summed E-state index contributed by atoms with van der Waals surface area (Å²) in [6.07, 6.45) is 2.45. The van der Waals surface area contributed by atoms with Crippen molar-refractivity contribution in [2.75, 3.05) is 44.7 Å². The number of nitrogens with one attached hydrogen (secondary N) is 1. The number of piperazine rings is 1. The van der Waals surface area contributed by atoms with Crippen LogP contribution in [0.5, 0.6) is 0 Å². The van der Waals surface area contributed by atoms with Gasteiger partial charge >= 0.3 is 0 Å². The van der Waals surface area contributed by atoms with Crippen LogP contribution in [0.4, 0.5) is 5.82 Å². The highest BCUT2D eigenvalue weighted by Crippen LogP contribution is 2.21. The van der Waals surface area contributed by atoms with Crippen molar-refractivity contribution in [3.63, 3.8) is 0 Å². The second-order valence-corrected chi connectivity index (χ2v) is 6.69. The molecule has 4 rings (SSSR count). The number of ether oxygens (including phenoxy) is 1. The first-order valence-corrected chi connectivity index (χ1v) is 8.93. The highest BCUT2D eigenvalue weighted by Gasteiger charge is 2.25. The first-order valence-electron chi connectivity index (χ1n) is 8.93. The van der Waals surface area contributed by atoms with E-state index in [-0.39, 0.29) is 5.91 Å². The van der Waals surface area contributed by atoms with E-state index in [1.807, 2.05) is 12.1 Å². The molecule has 0 radical (unpaired) electrons. The van der Waals surface area contributed by atoms with Crippen molar-refractivity contribution in [2.24, 2.45) is 0 Å². The maximum atomic E-state index is 12.6. The Morgan fingerprint density at radius 3 is 3.00 bits per heavy atom. The molecule has 0 atom stereocenters. The zero-order valence-corrected chi connectivity index (χ0v) is 14.9. The topological polar surface area (TPSA) is 83.7 Å². The fraction of sp³-hybridized carbons (Fsp3) is 0.500. The predicted octanol–water partition coefficient (Wildman–Crippen LogP) is 0.824. The summed E-state index contributed by atoms with van der Waals surface area (Å²) in [7, 11) is 2.12. The number of hydrogen-bond acceptors (Lipinski definition) is 7. The predicted molar refractivity (Wildman–Crippen MR) is 95.0 cm³/mol. The molecule has 26 heavy (non-hydrogen) atoms. The third-order valence-corrected chi connectivity index (χ3v) is 4.91. The van der Waals surface area contributed by atoms with Crippen LogP contribution in [-0.4, -0.2) is 60.8 Å². The summed E-state index contributed by atoms with van der Waals surface area (Å²) in [6, 6.07) is 3.90. The van der Waals surface area contributed by atoms with Crippen molar-refractivity contribution in [2.45, 2.75) is 19.6 Å². The molecule has 2 aromatic heterocycles. The number of carbonyl (C=O) groups is 1. The average Bonchev–Trinajstić information content (AvgIpc) is 3.11. The number of aromatic nitrogens is 2. The number of nitrogens with zero attached hydrogens (tertiary/aromatic N) is 4. The minimum absolute atomic E-state index is 0.242. The van der Waals surface area contributed by atoms with E-state index in [0.717, 1.165) is 48.9 Å². The number of amides is 1. The van der Waals surface area contributed by atoms with Crippen LogP contribution in [-0.2, 0) is 24.3 Å². The second-order valence-electron chi connectivity index (χ2n) is 6.69. The van der Waals surface area contributed by atoms with Crippen LogP contribution in [0.25, 0.3) is 0 Å². The molecule has 1 N–H and O–H groups in total. The summed E-state index contributed by atoms with van der Waals surface area (Å²) in [5.41, 5.74) is 2.09. The van der Waals surface area contributed by atoms with Gasteiger partial charge in [-0.3, -0.25) is 4.79 Å². The lowest BCUT2D eigenvalue weighted by atomic mass is 10.1. The lowest BCUT2D eigenvalue weighted by molar-refractivity contribution is 0.0921. The highest BCUT2D eigenvalue weighted by molar-refractivity contribution is 5.93. The quantitative estimate of drug-likeness (QED) is 0.867. The molecule has 1 saturated heterocycles. The SMILES string of the molecule is CN1CCN(c2ncccc2CNC(=O)c2noc3c2COCC3)CC1. The number of likely N-dealkylation sites (N-methyl/N-ethyl adjacent to an activating group) is 1. The summed E-state index contributed by atoms with van der Waals surface area (Å²) >= 11 is 0. The maximum absolute atomic E-state index is 12.6. The fourth-order valence-corrected chi connectivity index (χ4v) is 3.34. The molecule has 0 saturated carbocycles. The van der Waals surface area contributed by atoms with E-state index in [1.54, 1.807) is 6.20 Å². The molecule has 8 heteroatoms. The van der Waals surface area contributed by atoms with Crippen molar-refractivity contribution >= 4 is 11.7 Å². The van der Waals surface area contributed by atoms with Gasteiger partial charge in [0.2, 0.25) is 0 Å². The Morgan fingerprint density at radius 1 is 1.31 bits per heavy atom. The van der Waals surface area contributed by atoms with E-state index in [4.69, 9.17) is 9.26 Å². The lowest BCUT2D eigenvalue weighted by Gasteiger charge is -2.34. The van der Waals surface area contributed by atoms with Crippen LogP contribution in [0.2, 0.25) is 0 Å². The molecule has 0 bridgehead atoms. The van der Waals surface area contributed by atoms with Crippen molar-refractivity contribution in [3.8, 4) is 0 Å². The van der Waals surface area contributed by atoms with Gasteiger partial charge in [0, 0.05) is 50.9 Å². The fourth-order valence-electron chi connectivity index (χ4n) is 3.34. The highest BCUT2D eigenvalue weighted by atomic mass is 16.5. The maximum Gasteiger partial charge on any atom is 0.274 e. The minimum Gasteiger partial charge on any atom is -0.376 e.